The third-order valence-corrected chi connectivity index (χ3v) is 4.16. The predicted octanol–water partition coefficient (Wildman–Crippen LogP) is 4.11. The predicted molar refractivity (Wildman–Crippen MR) is 94.0 cm³/mol. The number of oxime groups is 1. The number of nitrogens with zero attached hydrogens (tertiary/aromatic N) is 3. The average molecular weight is 325 g/mol. The smallest absolute Gasteiger partial charge is 0.219 e. The molecule has 0 radical (unpaired) electrons. The van der Waals surface area contributed by atoms with E-state index in [1.54, 1.807) is 6.20 Å². The summed E-state index contributed by atoms with van der Waals surface area (Å²) in [5, 5.41) is 12.9. The molecule has 2 aromatic rings. The summed E-state index contributed by atoms with van der Waals surface area (Å²) < 4.78 is 5.83. The average Bonchev–Trinajstić information content (AvgIpc) is 2.57. The van der Waals surface area contributed by atoms with Crippen molar-refractivity contribution in [1.82, 2.24) is 9.88 Å². The van der Waals surface area contributed by atoms with Gasteiger partial charge in [0.05, 0.1) is 0 Å². The molecule has 1 saturated heterocycles. The van der Waals surface area contributed by atoms with Crippen molar-refractivity contribution in [2.75, 3.05) is 13.1 Å². The molecule has 24 heavy (non-hydrogen) atoms. The minimum Gasteiger partial charge on any atom is -0.439 e. The zero-order valence-corrected chi connectivity index (χ0v) is 14.2. The molecule has 2 heterocycles. The van der Waals surface area contributed by atoms with E-state index in [2.05, 4.69) is 21.1 Å². The van der Waals surface area contributed by atoms with Gasteiger partial charge in [-0.05, 0) is 62.4 Å². The summed E-state index contributed by atoms with van der Waals surface area (Å²) in [7, 11) is 0. The van der Waals surface area contributed by atoms with E-state index >= 15 is 0 Å². The summed E-state index contributed by atoms with van der Waals surface area (Å²) in [5.74, 6) is 1.89. The summed E-state index contributed by atoms with van der Waals surface area (Å²) >= 11 is 0. The van der Waals surface area contributed by atoms with Gasteiger partial charge >= 0.3 is 0 Å². The molecule has 126 valence electrons. The molecular weight excluding hydrogens is 302 g/mol. The van der Waals surface area contributed by atoms with Crippen LogP contribution in [0.3, 0.4) is 0 Å². The third-order valence-electron chi connectivity index (χ3n) is 4.16. The van der Waals surface area contributed by atoms with Gasteiger partial charge in [-0.25, -0.2) is 4.98 Å². The van der Waals surface area contributed by atoms with E-state index in [1.807, 2.05) is 38.1 Å². The van der Waals surface area contributed by atoms with Gasteiger partial charge in [0.15, 0.2) is 5.84 Å². The highest BCUT2D eigenvalue weighted by Crippen LogP contribution is 2.23. The molecule has 1 aromatic carbocycles. The van der Waals surface area contributed by atoms with Crippen LogP contribution in [0.1, 0.15) is 36.0 Å². The monoisotopic (exact) mass is 325 g/mol. The number of aromatic nitrogens is 1. The molecule has 1 N–H and O–H groups in total. The Morgan fingerprint density at radius 1 is 1.08 bits per heavy atom. The standard InChI is InChI=1S/C19H23N3O2/c1-14-10-15(2)12-17(11-14)24-18-7-6-16(13-20-18)19(21-23)22-8-4-3-5-9-22/h6-7,10-13,23H,3-5,8-9H2,1-2H3/b21-19-. The van der Waals surface area contributed by atoms with Crippen LogP contribution in [0, 0.1) is 13.8 Å². The van der Waals surface area contributed by atoms with Gasteiger partial charge in [0.1, 0.15) is 5.75 Å². The van der Waals surface area contributed by atoms with Crippen LogP contribution in [0.5, 0.6) is 11.6 Å². The number of likely N-dealkylation sites (tertiary alicyclic amines) is 1. The number of amidine groups is 1. The first-order valence-electron chi connectivity index (χ1n) is 8.35. The highest BCUT2D eigenvalue weighted by molar-refractivity contribution is 5.98. The van der Waals surface area contributed by atoms with E-state index < -0.39 is 0 Å². The molecule has 0 saturated carbocycles. The maximum absolute atomic E-state index is 9.38. The summed E-state index contributed by atoms with van der Waals surface area (Å²) in [6, 6.07) is 9.76. The van der Waals surface area contributed by atoms with Crippen LogP contribution < -0.4 is 4.74 Å². The van der Waals surface area contributed by atoms with E-state index in [1.165, 1.54) is 6.42 Å². The summed E-state index contributed by atoms with van der Waals surface area (Å²) in [4.78, 5) is 6.46. The highest BCUT2D eigenvalue weighted by Gasteiger charge is 2.17. The zero-order chi connectivity index (χ0) is 16.9. The lowest BCUT2D eigenvalue weighted by Crippen LogP contribution is -2.36. The van der Waals surface area contributed by atoms with Crippen molar-refractivity contribution in [1.29, 1.82) is 0 Å². The quantitative estimate of drug-likeness (QED) is 0.399. The number of aryl methyl sites for hydroxylation is 2. The maximum atomic E-state index is 9.38. The molecular formula is C19H23N3O2. The van der Waals surface area contributed by atoms with Crippen molar-refractivity contribution >= 4 is 5.84 Å². The molecule has 1 aliphatic heterocycles. The fourth-order valence-corrected chi connectivity index (χ4v) is 3.09. The minimum absolute atomic E-state index is 0.527. The number of piperidine rings is 1. The van der Waals surface area contributed by atoms with Gasteiger partial charge in [-0.1, -0.05) is 11.2 Å². The molecule has 0 bridgehead atoms. The molecule has 0 spiro atoms. The van der Waals surface area contributed by atoms with Crippen LogP contribution >= 0.6 is 0 Å². The molecule has 1 aliphatic rings. The number of ether oxygens (including phenoxy) is 1. The van der Waals surface area contributed by atoms with Gasteiger partial charge in [0.25, 0.3) is 0 Å². The van der Waals surface area contributed by atoms with Crippen molar-refractivity contribution in [2.45, 2.75) is 33.1 Å². The Labute approximate surface area is 142 Å². The van der Waals surface area contributed by atoms with Crippen molar-refractivity contribution in [3.8, 4) is 11.6 Å². The fourth-order valence-electron chi connectivity index (χ4n) is 3.09. The first-order chi connectivity index (χ1) is 11.7. The van der Waals surface area contributed by atoms with Crippen LogP contribution in [0.4, 0.5) is 0 Å². The van der Waals surface area contributed by atoms with Crippen molar-refractivity contribution in [3.05, 3.63) is 53.2 Å². The number of hydrogen-bond donors (Lipinski definition) is 1. The first kappa shape index (κ1) is 16.3. The van der Waals surface area contributed by atoms with E-state index in [4.69, 9.17) is 4.74 Å². The highest BCUT2D eigenvalue weighted by atomic mass is 16.5. The molecule has 0 amide bonds. The topological polar surface area (TPSA) is 58.0 Å². The Bertz CT molecular complexity index is 700. The number of hydrogen-bond acceptors (Lipinski definition) is 4. The van der Waals surface area contributed by atoms with E-state index in [9.17, 15) is 5.21 Å². The summed E-state index contributed by atoms with van der Waals surface area (Å²) in [5.41, 5.74) is 3.11. The van der Waals surface area contributed by atoms with E-state index in [0.29, 0.717) is 11.7 Å². The Morgan fingerprint density at radius 2 is 1.79 bits per heavy atom. The van der Waals surface area contributed by atoms with Crippen LogP contribution in [0.15, 0.2) is 41.7 Å². The maximum Gasteiger partial charge on any atom is 0.219 e. The third kappa shape index (κ3) is 3.85. The van der Waals surface area contributed by atoms with E-state index in [-0.39, 0.29) is 0 Å². The number of pyridine rings is 1. The van der Waals surface area contributed by atoms with Gasteiger partial charge < -0.3 is 14.8 Å². The van der Waals surface area contributed by atoms with Crippen molar-refractivity contribution in [3.63, 3.8) is 0 Å². The second-order valence-electron chi connectivity index (χ2n) is 6.28. The van der Waals surface area contributed by atoms with Gasteiger partial charge in [0, 0.05) is 30.9 Å². The van der Waals surface area contributed by atoms with Crippen molar-refractivity contribution in [2.24, 2.45) is 5.16 Å². The second-order valence-corrected chi connectivity index (χ2v) is 6.28. The van der Waals surface area contributed by atoms with Crippen LogP contribution in [0.2, 0.25) is 0 Å². The summed E-state index contributed by atoms with van der Waals surface area (Å²) in [6.07, 6.45) is 5.18. The molecule has 0 atom stereocenters. The molecule has 3 rings (SSSR count). The molecule has 5 nitrogen and oxygen atoms in total. The lowest BCUT2D eigenvalue weighted by Gasteiger charge is -2.28. The van der Waals surface area contributed by atoms with Gasteiger partial charge in [-0.3, -0.25) is 0 Å². The lowest BCUT2D eigenvalue weighted by molar-refractivity contribution is 0.286. The second kappa shape index (κ2) is 7.34. The molecule has 1 aromatic heterocycles. The molecule has 0 aliphatic carbocycles. The Hall–Kier alpha value is -2.56. The Balaban J connectivity index is 1.74. The Morgan fingerprint density at radius 3 is 2.38 bits per heavy atom. The van der Waals surface area contributed by atoms with Gasteiger partial charge in [-0.2, -0.15) is 0 Å². The largest absolute Gasteiger partial charge is 0.439 e. The minimum atomic E-state index is 0.527. The first-order valence-corrected chi connectivity index (χ1v) is 8.35. The normalized spacial score (nSPS) is 15.4. The SMILES string of the molecule is Cc1cc(C)cc(Oc2ccc(/C(=N/O)N3CCCCC3)cn2)c1. The van der Waals surface area contributed by atoms with Gasteiger partial charge in [-0.15, -0.1) is 0 Å². The molecule has 0 unspecified atom stereocenters. The zero-order valence-electron chi connectivity index (χ0n) is 14.2. The van der Waals surface area contributed by atoms with Crippen LogP contribution in [0.25, 0.3) is 0 Å². The summed E-state index contributed by atoms with van der Waals surface area (Å²) in [6.45, 7) is 5.92. The molecule has 5 heteroatoms. The molecule has 1 fully saturated rings. The van der Waals surface area contributed by atoms with Crippen LogP contribution in [-0.2, 0) is 0 Å². The van der Waals surface area contributed by atoms with Crippen LogP contribution in [-0.4, -0.2) is 34.0 Å². The number of benzene rings is 1. The van der Waals surface area contributed by atoms with Gasteiger partial charge in [0.2, 0.25) is 5.88 Å². The van der Waals surface area contributed by atoms with Crippen molar-refractivity contribution < 1.29 is 9.94 Å². The van der Waals surface area contributed by atoms with E-state index in [0.717, 1.165) is 48.4 Å². The fraction of sp³-hybridized carbons (Fsp3) is 0.368. The number of rotatable bonds is 3. The lowest BCUT2D eigenvalue weighted by atomic mass is 10.1. The Kier molecular flexibility index (Phi) is 4.99.